The average molecular weight is 268 g/mol. The first-order chi connectivity index (χ1) is 8.43. The minimum Gasteiger partial charge on any atom is -0.392 e. The minimum atomic E-state index is -0.553. The Kier molecular flexibility index (Phi) is 3.67. The minimum absolute atomic E-state index is 0.0689. The predicted molar refractivity (Wildman–Crippen MR) is 77.2 cm³/mol. The van der Waals surface area contributed by atoms with Gasteiger partial charge in [0.05, 0.1) is 10.4 Å². The molecule has 0 saturated heterocycles. The lowest BCUT2D eigenvalue weighted by molar-refractivity contribution is -0.127. The molecule has 2 fully saturated rings. The number of nitrogens with one attached hydrogen (secondary N) is 1. The van der Waals surface area contributed by atoms with E-state index in [4.69, 9.17) is 18.0 Å². The summed E-state index contributed by atoms with van der Waals surface area (Å²) in [7, 11) is 0. The van der Waals surface area contributed by atoms with E-state index in [1.807, 2.05) is 0 Å². The Morgan fingerprint density at radius 1 is 1.28 bits per heavy atom. The van der Waals surface area contributed by atoms with Crippen LogP contribution >= 0.6 is 12.2 Å². The third-order valence-electron chi connectivity index (χ3n) is 5.08. The van der Waals surface area contributed by atoms with Gasteiger partial charge >= 0.3 is 0 Å². The van der Waals surface area contributed by atoms with Gasteiger partial charge in [0.1, 0.15) is 0 Å². The predicted octanol–water partition coefficient (Wildman–Crippen LogP) is 2.39. The molecule has 2 saturated carbocycles. The number of nitrogens with two attached hydrogens (primary N) is 1. The van der Waals surface area contributed by atoms with Crippen molar-refractivity contribution in [2.75, 3.05) is 6.54 Å². The van der Waals surface area contributed by atoms with E-state index >= 15 is 0 Å². The van der Waals surface area contributed by atoms with Gasteiger partial charge in [-0.05, 0) is 37.0 Å². The zero-order valence-corrected chi connectivity index (χ0v) is 12.2. The number of carbonyl (C=O) groups excluding carboxylic acids is 1. The Balaban J connectivity index is 1.97. The highest BCUT2D eigenvalue weighted by Crippen LogP contribution is 2.51. The van der Waals surface area contributed by atoms with E-state index in [2.05, 4.69) is 19.2 Å². The summed E-state index contributed by atoms with van der Waals surface area (Å²) in [5.74, 6) is 0.696. The van der Waals surface area contributed by atoms with E-state index in [1.54, 1.807) is 0 Å². The van der Waals surface area contributed by atoms with Gasteiger partial charge in [-0.25, -0.2) is 0 Å². The second kappa shape index (κ2) is 4.80. The van der Waals surface area contributed by atoms with Crippen molar-refractivity contribution in [3.63, 3.8) is 0 Å². The number of rotatable bonds is 5. The molecule has 1 amide bonds. The van der Waals surface area contributed by atoms with Gasteiger partial charge in [0.2, 0.25) is 5.91 Å². The summed E-state index contributed by atoms with van der Waals surface area (Å²) < 4.78 is 0. The topological polar surface area (TPSA) is 55.1 Å². The molecular formula is C14H24N2OS. The molecule has 3 N–H and O–H groups in total. The van der Waals surface area contributed by atoms with Crippen molar-refractivity contribution in [2.45, 2.75) is 52.4 Å². The maximum absolute atomic E-state index is 12.4. The number of hydrogen-bond acceptors (Lipinski definition) is 2. The van der Waals surface area contributed by atoms with Crippen molar-refractivity contribution in [3.05, 3.63) is 0 Å². The zero-order chi connectivity index (χ0) is 13.4. The molecule has 3 nitrogen and oxygen atoms in total. The molecule has 2 aliphatic rings. The van der Waals surface area contributed by atoms with E-state index in [0.717, 1.165) is 32.2 Å². The van der Waals surface area contributed by atoms with E-state index < -0.39 is 5.41 Å². The Morgan fingerprint density at radius 3 is 2.22 bits per heavy atom. The van der Waals surface area contributed by atoms with Crippen molar-refractivity contribution in [1.29, 1.82) is 0 Å². The SMILES string of the molecule is CC(C)C1(CNC(=O)C2(C(N)=S)CCCC2)CC1. The van der Waals surface area contributed by atoms with Crippen LogP contribution in [0.25, 0.3) is 0 Å². The van der Waals surface area contributed by atoms with Crippen LogP contribution in [0.15, 0.2) is 0 Å². The molecule has 102 valence electrons. The molecule has 0 aromatic heterocycles. The molecule has 18 heavy (non-hydrogen) atoms. The van der Waals surface area contributed by atoms with Crippen LogP contribution in [-0.2, 0) is 4.79 Å². The number of thiocarbonyl (C=S) groups is 1. The second-order valence-electron chi connectivity index (χ2n) is 6.35. The monoisotopic (exact) mass is 268 g/mol. The van der Waals surface area contributed by atoms with Gasteiger partial charge in [0, 0.05) is 6.54 Å². The van der Waals surface area contributed by atoms with Crippen LogP contribution in [0.5, 0.6) is 0 Å². The fraction of sp³-hybridized carbons (Fsp3) is 0.857. The van der Waals surface area contributed by atoms with Crippen molar-refractivity contribution >= 4 is 23.1 Å². The van der Waals surface area contributed by atoms with E-state index in [0.29, 0.717) is 16.3 Å². The van der Waals surface area contributed by atoms with Gasteiger partial charge in [0.15, 0.2) is 0 Å². The van der Waals surface area contributed by atoms with Crippen molar-refractivity contribution < 1.29 is 4.79 Å². The van der Waals surface area contributed by atoms with Crippen molar-refractivity contribution in [2.24, 2.45) is 22.5 Å². The van der Waals surface area contributed by atoms with Crippen molar-refractivity contribution in [3.8, 4) is 0 Å². The highest BCUT2D eigenvalue weighted by Gasteiger charge is 2.48. The van der Waals surface area contributed by atoms with Gasteiger partial charge in [-0.3, -0.25) is 4.79 Å². The molecule has 2 aliphatic carbocycles. The Hall–Kier alpha value is -0.640. The summed E-state index contributed by atoms with van der Waals surface area (Å²) in [6, 6.07) is 0. The van der Waals surface area contributed by atoms with E-state index in [1.165, 1.54) is 12.8 Å². The van der Waals surface area contributed by atoms with Crippen molar-refractivity contribution in [1.82, 2.24) is 5.32 Å². The molecule has 0 aromatic rings. The maximum atomic E-state index is 12.4. The summed E-state index contributed by atoms with van der Waals surface area (Å²) >= 11 is 5.14. The lowest BCUT2D eigenvalue weighted by Crippen LogP contribution is -2.48. The fourth-order valence-corrected chi connectivity index (χ4v) is 3.41. The molecule has 0 atom stereocenters. The van der Waals surface area contributed by atoms with Crippen LogP contribution in [0.1, 0.15) is 52.4 Å². The van der Waals surface area contributed by atoms with Gasteiger partial charge in [-0.15, -0.1) is 0 Å². The first-order valence-corrected chi connectivity index (χ1v) is 7.42. The molecule has 0 aromatic carbocycles. The lowest BCUT2D eigenvalue weighted by atomic mass is 9.84. The molecule has 4 heteroatoms. The van der Waals surface area contributed by atoms with Crippen LogP contribution in [0, 0.1) is 16.7 Å². The van der Waals surface area contributed by atoms with Gasteiger partial charge in [-0.2, -0.15) is 0 Å². The number of amides is 1. The third-order valence-corrected chi connectivity index (χ3v) is 5.47. The Morgan fingerprint density at radius 2 is 1.83 bits per heavy atom. The standard InChI is InChI=1S/C14H24N2OS/c1-10(2)13(7-8-13)9-16-12(17)14(11(15)18)5-3-4-6-14/h10H,3-9H2,1-2H3,(H2,15,18)(H,16,17). The van der Waals surface area contributed by atoms with E-state index in [9.17, 15) is 4.79 Å². The molecule has 0 spiro atoms. The zero-order valence-electron chi connectivity index (χ0n) is 11.4. The van der Waals surface area contributed by atoms with Crippen LogP contribution in [0.2, 0.25) is 0 Å². The summed E-state index contributed by atoms with van der Waals surface area (Å²) in [6.45, 7) is 5.25. The van der Waals surface area contributed by atoms with Gasteiger partial charge in [-0.1, -0.05) is 38.9 Å². The third kappa shape index (κ3) is 2.27. The molecule has 0 radical (unpaired) electrons. The molecule has 0 aliphatic heterocycles. The highest BCUT2D eigenvalue weighted by atomic mass is 32.1. The Labute approximate surface area is 115 Å². The molecule has 0 heterocycles. The van der Waals surface area contributed by atoms with Crippen LogP contribution in [0.4, 0.5) is 0 Å². The summed E-state index contributed by atoms with van der Waals surface area (Å²) in [6.07, 6.45) is 6.21. The van der Waals surface area contributed by atoms with Crippen LogP contribution in [0.3, 0.4) is 0 Å². The summed E-state index contributed by atoms with van der Waals surface area (Å²) in [5.41, 5.74) is 5.60. The summed E-state index contributed by atoms with van der Waals surface area (Å²) in [5, 5.41) is 3.12. The largest absolute Gasteiger partial charge is 0.392 e. The highest BCUT2D eigenvalue weighted by molar-refractivity contribution is 7.80. The maximum Gasteiger partial charge on any atom is 0.233 e. The smallest absolute Gasteiger partial charge is 0.233 e. The van der Waals surface area contributed by atoms with Gasteiger partial charge < -0.3 is 11.1 Å². The second-order valence-corrected chi connectivity index (χ2v) is 6.79. The average Bonchev–Trinajstić information content (AvgIpc) is 2.94. The lowest BCUT2D eigenvalue weighted by Gasteiger charge is -2.28. The van der Waals surface area contributed by atoms with Crippen LogP contribution < -0.4 is 11.1 Å². The first-order valence-electron chi connectivity index (χ1n) is 7.01. The Bertz CT molecular complexity index is 355. The summed E-state index contributed by atoms with van der Waals surface area (Å²) in [4.78, 5) is 12.8. The normalized spacial score (nSPS) is 23.9. The molecule has 0 unspecified atom stereocenters. The molecular weight excluding hydrogens is 244 g/mol. The van der Waals surface area contributed by atoms with Gasteiger partial charge in [0.25, 0.3) is 0 Å². The van der Waals surface area contributed by atoms with Crippen LogP contribution in [-0.4, -0.2) is 17.4 Å². The first kappa shape index (κ1) is 13.8. The fourth-order valence-electron chi connectivity index (χ4n) is 3.11. The van der Waals surface area contributed by atoms with E-state index in [-0.39, 0.29) is 5.91 Å². The molecule has 0 bridgehead atoms. The number of carbonyl (C=O) groups is 1. The molecule has 2 rings (SSSR count). The number of hydrogen-bond donors (Lipinski definition) is 2. The quantitative estimate of drug-likeness (QED) is 0.753.